The highest BCUT2D eigenvalue weighted by atomic mass is 19.1. The Labute approximate surface area is 110 Å². The van der Waals surface area contributed by atoms with Gasteiger partial charge in [-0.15, -0.1) is 5.92 Å². The summed E-state index contributed by atoms with van der Waals surface area (Å²) in [6.07, 6.45) is 9.76. The van der Waals surface area contributed by atoms with Crippen LogP contribution in [-0.2, 0) is 0 Å². The second-order valence-corrected chi connectivity index (χ2v) is 5.94. The molecule has 0 unspecified atom stereocenters. The Hall–Kier alpha value is -0.550. The highest BCUT2D eigenvalue weighted by molar-refractivity contribution is 5.05. The number of hydrogen-bond acceptors (Lipinski definition) is 1. The average Bonchev–Trinajstić information content (AvgIpc) is 2.41. The summed E-state index contributed by atoms with van der Waals surface area (Å²) in [6.45, 7) is -0.313. The first-order valence-electron chi connectivity index (χ1n) is 7.52. The number of aliphatic hydroxyl groups is 1. The van der Waals surface area contributed by atoms with E-state index < -0.39 is 0 Å². The van der Waals surface area contributed by atoms with E-state index in [4.69, 9.17) is 0 Å². The normalized spacial score (nSPS) is 36.8. The van der Waals surface area contributed by atoms with Crippen LogP contribution in [0, 0.1) is 29.6 Å². The Morgan fingerprint density at radius 3 is 2.00 bits per heavy atom. The third-order valence-corrected chi connectivity index (χ3v) is 4.71. The van der Waals surface area contributed by atoms with Crippen LogP contribution in [0.15, 0.2) is 0 Å². The molecule has 0 aliphatic heterocycles. The molecule has 0 bridgehead atoms. The Balaban J connectivity index is 1.72. The highest BCUT2D eigenvalue weighted by Gasteiger charge is 2.29. The van der Waals surface area contributed by atoms with E-state index in [0.29, 0.717) is 12.3 Å². The molecule has 1 nitrogen and oxygen atoms in total. The third kappa shape index (κ3) is 3.99. The Morgan fingerprint density at radius 1 is 0.889 bits per heavy atom. The molecule has 0 spiro atoms. The lowest BCUT2D eigenvalue weighted by Crippen LogP contribution is -2.27. The quantitative estimate of drug-likeness (QED) is 0.743. The maximum atomic E-state index is 12.0. The molecule has 2 fully saturated rings. The molecule has 0 amide bonds. The molecule has 18 heavy (non-hydrogen) atoms. The maximum Gasteiger partial charge on any atom is 0.100 e. The third-order valence-electron chi connectivity index (χ3n) is 4.71. The van der Waals surface area contributed by atoms with Crippen molar-refractivity contribution < 1.29 is 9.50 Å². The summed E-state index contributed by atoms with van der Waals surface area (Å²) >= 11 is 0. The number of halogens is 1. The van der Waals surface area contributed by atoms with E-state index in [1.807, 2.05) is 0 Å². The Bertz CT molecular complexity index is 288. The molecule has 0 heterocycles. The van der Waals surface area contributed by atoms with Gasteiger partial charge >= 0.3 is 0 Å². The molecule has 2 heteroatoms. The number of rotatable bonds is 2. The Kier molecular flexibility index (Phi) is 5.50. The van der Waals surface area contributed by atoms with Crippen LogP contribution in [0.3, 0.4) is 0 Å². The summed E-state index contributed by atoms with van der Waals surface area (Å²) in [6, 6.07) is 0. The van der Waals surface area contributed by atoms with Gasteiger partial charge in [-0.05, 0) is 63.2 Å². The summed E-state index contributed by atoms with van der Waals surface area (Å²) in [5.74, 6) is 8.38. The smallest absolute Gasteiger partial charge is 0.100 e. The number of hydrogen-bond donors (Lipinski definition) is 1. The zero-order chi connectivity index (χ0) is 12.8. The average molecular weight is 252 g/mol. The fourth-order valence-electron chi connectivity index (χ4n) is 3.57. The monoisotopic (exact) mass is 252 g/mol. The molecule has 0 radical (unpaired) electrons. The van der Waals surface area contributed by atoms with E-state index in [0.717, 1.165) is 24.7 Å². The summed E-state index contributed by atoms with van der Waals surface area (Å²) in [4.78, 5) is 0. The SMILES string of the molecule is OC1CCC(C2CCC(C#CCCF)CC2)CC1. The van der Waals surface area contributed by atoms with Crippen molar-refractivity contribution in [3.63, 3.8) is 0 Å². The van der Waals surface area contributed by atoms with Gasteiger partial charge in [0.05, 0.1) is 6.10 Å². The molecule has 0 saturated heterocycles. The van der Waals surface area contributed by atoms with Gasteiger partial charge in [0, 0.05) is 12.3 Å². The summed E-state index contributed by atoms with van der Waals surface area (Å²) in [5, 5.41) is 9.54. The molecule has 0 aromatic carbocycles. The number of aliphatic hydroxyl groups excluding tert-OH is 1. The fourth-order valence-corrected chi connectivity index (χ4v) is 3.57. The molecule has 2 rings (SSSR count). The van der Waals surface area contributed by atoms with Gasteiger partial charge in [0.2, 0.25) is 0 Å². The lowest BCUT2D eigenvalue weighted by molar-refractivity contribution is 0.0797. The largest absolute Gasteiger partial charge is 0.393 e. The van der Waals surface area contributed by atoms with Crippen LogP contribution in [0.2, 0.25) is 0 Å². The van der Waals surface area contributed by atoms with Crippen LogP contribution in [0.1, 0.15) is 57.8 Å². The highest BCUT2D eigenvalue weighted by Crippen LogP contribution is 2.39. The topological polar surface area (TPSA) is 20.2 Å². The molecule has 0 aromatic heterocycles. The van der Waals surface area contributed by atoms with Crippen LogP contribution >= 0.6 is 0 Å². The molecular formula is C16H25FO. The van der Waals surface area contributed by atoms with Crippen LogP contribution in [-0.4, -0.2) is 17.9 Å². The van der Waals surface area contributed by atoms with Gasteiger partial charge in [-0.1, -0.05) is 5.92 Å². The minimum absolute atomic E-state index is 0.0378. The van der Waals surface area contributed by atoms with E-state index in [-0.39, 0.29) is 12.8 Å². The van der Waals surface area contributed by atoms with E-state index >= 15 is 0 Å². The van der Waals surface area contributed by atoms with Crippen LogP contribution in [0.5, 0.6) is 0 Å². The van der Waals surface area contributed by atoms with Crippen LogP contribution in [0.4, 0.5) is 4.39 Å². The summed E-state index contributed by atoms with van der Waals surface area (Å²) in [5.41, 5.74) is 0. The predicted octanol–water partition coefficient (Wildman–Crippen LogP) is 3.71. The van der Waals surface area contributed by atoms with Gasteiger partial charge in [0.25, 0.3) is 0 Å². The second kappa shape index (κ2) is 7.14. The molecule has 2 aliphatic carbocycles. The Morgan fingerprint density at radius 2 is 1.44 bits per heavy atom. The van der Waals surface area contributed by atoms with Crippen LogP contribution in [0.25, 0.3) is 0 Å². The van der Waals surface area contributed by atoms with Gasteiger partial charge in [-0.3, -0.25) is 4.39 Å². The van der Waals surface area contributed by atoms with Crippen molar-refractivity contribution in [3.8, 4) is 11.8 Å². The van der Waals surface area contributed by atoms with E-state index in [9.17, 15) is 9.50 Å². The zero-order valence-electron chi connectivity index (χ0n) is 11.2. The van der Waals surface area contributed by atoms with Gasteiger partial charge in [0.15, 0.2) is 0 Å². The first kappa shape index (κ1) is 13.9. The van der Waals surface area contributed by atoms with E-state index in [2.05, 4.69) is 11.8 Å². The van der Waals surface area contributed by atoms with Gasteiger partial charge in [0.1, 0.15) is 6.67 Å². The summed E-state index contributed by atoms with van der Waals surface area (Å²) < 4.78 is 12.0. The van der Waals surface area contributed by atoms with Crippen molar-refractivity contribution in [2.75, 3.05) is 6.67 Å². The summed E-state index contributed by atoms with van der Waals surface area (Å²) in [7, 11) is 0. The molecule has 2 aliphatic rings. The maximum absolute atomic E-state index is 12.0. The van der Waals surface area contributed by atoms with Crippen LogP contribution < -0.4 is 0 Å². The van der Waals surface area contributed by atoms with Crippen molar-refractivity contribution in [2.45, 2.75) is 63.9 Å². The number of alkyl halides is 1. The molecule has 2 saturated carbocycles. The lowest BCUT2D eigenvalue weighted by atomic mass is 9.71. The van der Waals surface area contributed by atoms with Gasteiger partial charge in [-0.25, -0.2) is 0 Å². The van der Waals surface area contributed by atoms with Crippen molar-refractivity contribution in [1.29, 1.82) is 0 Å². The minimum Gasteiger partial charge on any atom is -0.393 e. The molecular weight excluding hydrogens is 227 g/mol. The van der Waals surface area contributed by atoms with Crippen molar-refractivity contribution in [2.24, 2.45) is 17.8 Å². The molecule has 0 atom stereocenters. The minimum atomic E-state index is -0.313. The molecule has 1 N–H and O–H groups in total. The van der Waals surface area contributed by atoms with E-state index in [1.165, 1.54) is 38.5 Å². The fraction of sp³-hybridized carbons (Fsp3) is 0.875. The standard InChI is InChI=1S/C16H25FO/c17-12-2-1-3-13-4-6-14(7-5-13)15-8-10-16(18)11-9-15/h13-16,18H,2,4-12H2. The second-order valence-electron chi connectivity index (χ2n) is 5.94. The molecule has 102 valence electrons. The van der Waals surface area contributed by atoms with E-state index in [1.54, 1.807) is 0 Å². The molecule has 0 aromatic rings. The van der Waals surface area contributed by atoms with Crippen molar-refractivity contribution >= 4 is 0 Å². The first-order chi connectivity index (χ1) is 8.79. The lowest BCUT2D eigenvalue weighted by Gasteiger charge is -2.35. The first-order valence-corrected chi connectivity index (χ1v) is 7.52. The van der Waals surface area contributed by atoms with Gasteiger partial charge < -0.3 is 5.11 Å². The predicted molar refractivity (Wildman–Crippen MR) is 71.8 cm³/mol. The van der Waals surface area contributed by atoms with Crippen molar-refractivity contribution in [1.82, 2.24) is 0 Å². The van der Waals surface area contributed by atoms with Gasteiger partial charge in [-0.2, -0.15) is 0 Å². The van der Waals surface area contributed by atoms with Crippen molar-refractivity contribution in [3.05, 3.63) is 0 Å². The zero-order valence-corrected chi connectivity index (χ0v) is 11.2.